The number of fused-ring (bicyclic) bond motifs is 5. The van der Waals surface area contributed by atoms with Gasteiger partial charge in [0.2, 0.25) is 0 Å². The van der Waals surface area contributed by atoms with Gasteiger partial charge in [-0.05, 0) is 91.3 Å². The molecule has 2 nitrogen and oxygen atoms in total. The first-order valence-corrected chi connectivity index (χ1v) is 15.5. The number of alkyl halides is 1. The lowest BCUT2D eigenvalue weighted by Gasteiger charge is -2.58. The number of carbonyl (C=O) groups excluding carboxylic acids is 1. The van der Waals surface area contributed by atoms with Crippen LogP contribution in [0.15, 0.2) is 11.6 Å². The number of ether oxygens (including phenoxy) is 1. The highest BCUT2D eigenvalue weighted by molar-refractivity contribution is 9.09. The van der Waals surface area contributed by atoms with Crippen LogP contribution in [-0.4, -0.2) is 16.9 Å². The summed E-state index contributed by atoms with van der Waals surface area (Å²) in [5.74, 6) is 5.21. The summed E-state index contributed by atoms with van der Waals surface area (Å²) in [4.78, 5) is 12.5. The molecular formula is C31H51BrO2. The molecule has 0 saturated heterocycles. The number of allylic oxidation sites excluding steroid dienone is 1. The van der Waals surface area contributed by atoms with E-state index in [1.807, 2.05) is 6.92 Å². The van der Waals surface area contributed by atoms with Crippen molar-refractivity contribution in [1.29, 1.82) is 0 Å². The van der Waals surface area contributed by atoms with E-state index in [0.717, 1.165) is 48.3 Å². The Hall–Kier alpha value is -0.310. The van der Waals surface area contributed by atoms with Gasteiger partial charge in [-0.2, -0.15) is 0 Å². The van der Waals surface area contributed by atoms with Crippen molar-refractivity contribution >= 4 is 21.9 Å². The van der Waals surface area contributed by atoms with Crippen molar-refractivity contribution in [2.45, 2.75) is 130 Å². The van der Waals surface area contributed by atoms with Crippen LogP contribution in [-0.2, 0) is 9.53 Å². The molecule has 0 spiro atoms. The van der Waals surface area contributed by atoms with Gasteiger partial charge in [0.15, 0.2) is 0 Å². The monoisotopic (exact) mass is 534 g/mol. The summed E-state index contributed by atoms with van der Waals surface area (Å²) in [5, 5.41) is 0. The fourth-order valence-electron chi connectivity index (χ4n) is 9.22. The predicted octanol–water partition coefficient (Wildman–Crippen LogP) is 9.11. The zero-order valence-corrected chi connectivity index (χ0v) is 24.5. The molecule has 9 atom stereocenters. The average molecular weight is 536 g/mol. The second-order valence-electron chi connectivity index (χ2n) is 13.6. The Balaban J connectivity index is 1.42. The van der Waals surface area contributed by atoms with Crippen molar-refractivity contribution < 1.29 is 9.53 Å². The van der Waals surface area contributed by atoms with E-state index in [1.165, 1.54) is 57.8 Å². The second-order valence-corrected chi connectivity index (χ2v) is 15.2. The van der Waals surface area contributed by atoms with Crippen molar-refractivity contribution in [3.8, 4) is 0 Å². The Morgan fingerprint density at radius 2 is 1.82 bits per heavy atom. The van der Waals surface area contributed by atoms with Crippen LogP contribution in [0.4, 0.5) is 0 Å². The molecule has 194 valence electrons. The highest BCUT2D eigenvalue weighted by Crippen LogP contribution is 2.67. The first-order chi connectivity index (χ1) is 16.0. The van der Waals surface area contributed by atoms with E-state index in [-0.39, 0.29) is 16.9 Å². The average Bonchev–Trinajstić information content (AvgIpc) is 3.10. The molecule has 0 radical (unpaired) electrons. The van der Waals surface area contributed by atoms with E-state index in [9.17, 15) is 4.79 Å². The summed E-state index contributed by atoms with van der Waals surface area (Å²) in [7, 11) is 0. The number of hydrogen-bond donors (Lipinski definition) is 0. The fraction of sp³-hybridized carbons (Fsp3) is 0.903. The van der Waals surface area contributed by atoms with Gasteiger partial charge in [0.25, 0.3) is 0 Å². The number of esters is 1. The molecule has 0 aromatic rings. The molecular weight excluding hydrogens is 484 g/mol. The van der Waals surface area contributed by atoms with E-state index in [1.54, 1.807) is 5.57 Å². The summed E-state index contributed by atoms with van der Waals surface area (Å²) in [6, 6.07) is 0. The normalized spacial score (nSPS) is 41.2. The largest absolute Gasteiger partial charge is 0.462 e. The quantitative estimate of drug-likeness (QED) is 0.176. The maximum Gasteiger partial charge on any atom is 0.307 e. The van der Waals surface area contributed by atoms with Crippen LogP contribution < -0.4 is 0 Å². The molecule has 0 aromatic carbocycles. The SMILES string of the molecule is CC(C)CCC[C@@H](C)[C@H]1CC[C@H]2[C@@H]3CC=C4C[C@@H](OC(=O)C[C@@H](C)Br)CC[C@]4(C)[C@H]3CC[C@]12C. The molecule has 34 heavy (non-hydrogen) atoms. The van der Waals surface area contributed by atoms with Crippen molar-refractivity contribution in [2.24, 2.45) is 46.3 Å². The van der Waals surface area contributed by atoms with Gasteiger partial charge in [0.05, 0.1) is 6.42 Å². The van der Waals surface area contributed by atoms with Gasteiger partial charge >= 0.3 is 5.97 Å². The highest BCUT2D eigenvalue weighted by atomic mass is 79.9. The van der Waals surface area contributed by atoms with Crippen molar-refractivity contribution in [3.63, 3.8) is 0 Å². The molecule has 0 N–H and O–H groups in total. The predicted molar refractivity (Wildman–Crippen MR) is 146 cm³/mol. The van der Waals surface area contributed by atoms with Crippen LogP contribution in [0.25, 0.3) is 0 Å². The zero-order valence-electron chi connectivity index (χ0n) is 22.9. The molecule has 0 bridgehead atoms. The Morgan fingerprint density at radius 3 is 2.53 bits per heavy atom. The van der Waals surface area contributed by atoms with Gasteiger partial charge in [-0.1, -0.05) is 88.4 Å². The van der Waals surface area contributed by atoms with Gasteiger partial charge in [-0.3, -0.25) is 4.79 Å². The van der Waals surface area contributed by atoms with E-state index in [0.29, 0.717) is 17.3 Å². The standard InChI is InChI=1S/C31H51BrO2/c1-20(2)8-7-9-21(3)26-12-13-27-25-11-10-23-19-24(34-29(33)18-22(4)32)14-16-30(23,5)28(25)15-17-31(26,27)6/h10,20-22,24-28H,7-9,11-19H2,1-6H3/t21-,22-,24+,25+,26-,27+,28+,30+,31-/m1/s1. The van der Waals surface area contributed by atoms with Crippen molar-refractivity contribution in [1.82, 2.24) is 0 Å². The summed E-state index contributed by atoms with van der Waals surface area (Å²) in [6.45, 7) is 14.6. The van der Waals surface area contributed by atoms with Crippen LogP contribution in [0.5, 0.6) is 0 Å². The lowest BCUT2D eigenvalue weighted by Crippen LogP contribution is -2.51. The third-order valence-corrected chi connectivity index (χ3v) is 11.3. The van der Waals surface area contributed by atoms with Crippen LogP contribution in [0.2, 0.25) is 0 Å². The Morgan fingerprint density at radius 1 is 1.06 bits per heavy atom. The van der Waals surface area contributed by atoms with Crippen LogP contribution in [0.3, 0.4) is 0 Å². The molecule has 4 aliphatic carbocycles. The maximum absolute atomic E-state index is 12.3. The van der Waals surface area contributed by atoms with Gasteiger partial charge in [0.1, 0.15) is 6.10 Å². The van der Waals surface area contributed by atoms with Crippen LogP contribution in [0, 0.1) is 46.3 Å². The molecule has 3 saturated carbocycles. The zero-order chi connectivity index (χ0) is 24.7. The molecule has 4 rings (SSSR count). The summed E-state index contributed by atoms with van der Waals surface area (Å²) in [6.07, 6.45) is 17.6. The van der Waals surface area contributed by atoms with Gasteiger partial charge in [-0.25, -0.2) is 0 Å². The van der Waals surface area contributed by atoms with Gasteiger partial charge in [-0.15, -0.1) is 0 Å². The smallest absolute Gasteiger partial charge is 0.307 e. The van der Waals surface area contributed by atoms with E-state index >= 15 is 0 Å². The van der Waals surface area contributed by atoms with Crippen molar-refractivity contribution in [3.05, 3.63) is 11.6 Å². The Labute approximate surface area is 218 Å². The van der Waals surface area contributed by atoms with Crippen LogP contribution in [0.1, 0.15) is 119 Å². The second kappa shape index (κ2) is 10.6. The lowest BCUT2D eigenvalue weighted by atomic mass is 9.47. The van der Waals surface area contributed by atoms with Gasteiger partial charge in [0, 0.05) is 11.2 Å². The third kappa shape index (κ3) is 5.21. The van der Waals surface area contributed by atoms with E-state index < -0.39 is 0 Å². The third-order valence-electron chi connectivity index (χ3n) is 11.0. The minimum Gasteiger partial charge on any atom is -0.462 e. The summed E-state index contributed by atoms with van der Waals surface area (Å²) < 4.78 is 5.90. The highest BCUT2D eigenvalue weighted by Gasteiger charge is 2.59. The summed E-state index contributed by atoms with van der Waals surface area (Å²) >= 11 is 3.49. The molecule has 0 unspecified atom stereocenters. The van der Waals surface area contributed by atoms with Gasteiger partial charge < -0.3 is 4.74 Å². The minimum absolute atomic E-state index is 0.0415. The minimum atomic E-state index is -0.0415. The van der Waals surface area contributed by atoms with E-state index in [4.69, 9.17) is 4.74 Å². The number of hydrogen-bond acceptors (Lipinski definition) is 2. The Bertz CT molecular complexity index is 757. The molecule has 0 aromatic heterocycles. The summed E-state index contributed by atoms with van der Waals surface area (Å²) in [5.41, 5.74) is 2.50. The molecule has 3 heteroatoms. The molecule has 0 amide bonds. The Kier molecular flexibility index (Phi) is 8.33. The fourth-order valence-corrected chi connectivity index (χ4v) is 9.48. The van der Waals surface area contributed by atoms with Crippen molar-refractivity contribution in [2.75, 3.05) is 0 Å². The molecule has 0 aliphatic heterocycles. The molecule has 4 aliphatic rings. The number of carbonyl (C=O) groups is 1. The number of halogens is 1. The first kappa shape index (κ1) is 26.7. The first-order valence-electron chi connectivity index (χ1n) is 14.6. The van der Waals surface area contributed by atoms with Crippen LogP contribution >= 0.6 is 15.9 Å². The lowest BCUT2D eigenvalue weighted by molar-refractivity contribution is -0.151. The number of rotatable bonds is 8. The topological polar surface area (TPSA) is 26.3 Å². The molecule has 0 heterocycles. The molecule has 3 fully saturated rings. The van der Waals surface area contributed by atoms with E-state index in [2.05, 4.69) is 56.6 Å². The maximum atomic E-state index is 12.3.